The first-order chi connectivity index (χ1) is 6.99. The minimum atomic E-state index is -0.836. The van der Waals surface area contributed by atoms with E-state index in [1.54, 1.807) is 6.07 Å². The van der Waals surface area contributed by atoms with Crippen molar-refractivity contribution in [2.24, 2.45) is 5.92 Å². The Morgan fingerprint density at radius 1 is 1.60 bits per heavy atom. The highest BCUT2D eigenvalue weighted by atomic mass is 35.5. The molecule has 15 heavy (non-hydrogen) atoms. The highest BCUT2D eigenvalue weighted by molar-refractivity contribution is 6.30. The van der Waals surface area contributed by atoms with Gasteiger partial charge < -0.3 is 5.11 Å². The number of aliphatic carboxylic acids is 1. The number of carboxylic acids is 1. The predicted molar refractivity (Wildman–Crippen MR) is 56.5 cm³/mol. The number of hydrogen-bond donors (Lipinski definition) is 1. The second kappa shape index (κ2) is 5.12. The van der Waals surface area contributed by atoms with E-state index in [9.17, 15) is 9.18 Å². The Hall–Kier alpha value is -1.09. The van der Waals surface area contributed by atoms with Crippen molar-refractivity contribution in [1.29, 1.82) is 0 Å². The van der Waals surface area contributed by atoms with Crippen molar-refractivity contribution >= 4 is 17.6 Å². The van der Waals surface area contributed by atoms with Crippen molar-refractivity contribution in [3.8, 4) is 0 Å². The Labute approximate surface area is 92.7 Å². The minimum Gasteiger partial charge on any atom is -0.481 e. The minimum absolute atomic E-state index is 0.0110. The highest BCUT2D eigenvalue weighted by Crippen LogP contribution is 2.18. The van der Waals surface area contributed by atoms with Gasteiger partial charge in [0.15, 0.2) is 0 Å². The molecule has 1 N–H and O–H groups in total. The molecule has 0 spiro atoms. The van der Waals surface area contributed by atoms with Gasteiger partial charge in [-0.15, -0.1) is 0 Å². The molecule has 0 saturated carbocycles. The van der Waals surface area contributed by atoms with E-state index < -0.39 is 11.8 Å². The van der Waals surface area contributed by atoms with E-state index in [1.807, 2.05) is 6.92 Å². The zero-order valence-electron chi connectivity index (χ0n) is 8.34. The fourth-order valence-electron chi connectivity index (χ4n) is 1.44. The molecule has 0 bridgehead atoms. The lowest BCUT2D eigenvalue weighted by Gasteiger charge is -2.08. The molecule has 0 aliphatic rings. The van der Waals surface area contributed by atoms with Crippen molar-refractivity contribution in [1.82, 2.24) is 0 Å². The lowest BCUT2D eigenvalue weighted by Crippen LogP contribution is -2.07. The van der Waals surface area contributed by atoms with E-state index in [1.165, 1.54) is 12.1 Å². The van der Waals surface area contributed by atoms with Crippen LogP contribution in [0.4, 0.5) is 4.39 Å². The number of carboxylic acid groups (broad SMARTS) is 1. The molecule has 82 valence electrons. The summed E-state index contributed by atoms with van der Waals surface area (Å²) in [4.78, 5) is 10.4. The van der Waals surface area contributed by atoms with Gasteiger partial charge in [0.2, 0.25) is 0 Å². The standard InChI is InChI=1S/C11H12ClFO2/c1-7(5-11(14)15)4-8-2-3-9(12)10(13)6-8/h2-3,6-7H,4-5H2,1H3,(H,14,15). The Bertz CT molecular complexity index is 366. The molecule has 0 heterocycles. The number of hydrogen-bond acceptors (Lipinski definition) is 1. The summed E-state index contributed by atoms with van der Waals surface area (Å²) < 4.78 is 13.0. The summed E-state index contributed by atoms with van der Waals surface area (Å²) in [5.41, 5.74) is 0.769. The molecule has 2 nitrogen and oxygen atoms in total. The summed E-state index contributed by atoms with van der Waals surface area (Å²) in [5.74, 6) is -1.31. The number of benzene rings is 1. The molecule has 1 aromatic carbocycles. The maximum atomic E-state index is 13.0. The topological polar surface area (TPSA) is 37.3 Å². The smallest absolute Gasteiger partial charge is 0.303 e. The summed E-state index contributed by atoms with van der Waals surface area (Å²) in [6.45, 7) is 1.82. The fourth-order valence-corrected chi connectivity index (χ4v) is 1.56. The molecular weight excluding hydrogens is 219 g/mol. The molecule has 0 radical (unpaired) electrons. The van der Waals surface area contributed by atoms with Crippen LogP contribution in [0, 0.1) is 11.7 Å². The average molecular weight is 231 g/mol. The highest BCUT2D eigenvalue weighted by Gasteiger charge is 2.09. The van der Waals surface area contributed by atoms with E-state index in [4.69, 9.17) is 16.7 Å². The third-order valence-corrected chi connectivity index (χ3v) is 2.40. The van der Waals surface area contributed by atoms with Gasteiger partial charge in [-0.05, 0) is 30.0 Å². The summed E-state index contributed by atoms with van der Waals surface area (Å²) in [7, 11) is 0. The van der Waals surface area contributed by atoms with E-state index >= 15 is 0 Å². The van der Waals surface area contributed by atoms with Gasteiger partial charge in [0.1, 0.15) is 5.82 Å². The lowest BCUT2D eigenvalue weighted by atomic mass is 9.98. The van der Waals surface area contributed by atoms with Gasteiger partial charge in [0, 0.05) is 6.42 Å². The number of rotatable bonds is 4. The molecule has 0 aromatic heterocycles. The van der Waals surface area contributed by atoms with E-state index in [0.29, 0.717) is 6.42 Å². The van der Waals surface area contributed by atoms with Crippen LogP contribution in [0.2, 0.25) is 5.02 Å². The molecule has 1 unspecified atom stereocenters. The van der Waals surface area contributed by atoms with Crippen LogP contribution < -0.4 is 0 Å². The maximum Gasteiger partial charge on any atom is 0.303 e. The van der Waals surface area contributed by atoms with Crippen molar-refractivity contribution < 1.29 is 14.3 Å². The largest absolute Gasteiger partial charge is 0.481 e. The molecular formula is C11H12ClFO2. The molecule has 0 aliphatic heterocycles. The monoisotopic (exact) mass is 230 g/mol. The molecule has 0 saturated heterocycles. The van der Waals surface area contributed by atoms with Gasteiger partial charge in [-0.25, -0.2) is 4.39 Å². The molecule has 4 heteroatoms. The Kier molecular flexibility index (Phi) is 4.09. The van der Waals surface area contributed by atoms with Crippen LogP contribution in [0.15, 0.2) is 18.2 Å². The van der Waals surface area contributed by atoms with Gasteiger partial charge in [-0.1, -0.05) is 24.6 Å². The van der Waals surface area contributed by atoms with Crippen LogP contribution in [0.3, 0.4) is 0 Å². The maximum absolute atomic E-state index is 13.0. The summed E-state index contributed by atoms with van der Waals surface area (Å²) >= 11 is 5.53. The zero-order valence-corrected chi connectivity index (χ0v) is 9.09. The molecule has 0 aliphatic carbocycles. The van der Waals surface area contributed by atoms with Crippen molar-refractivity contribution in [2.45, 2.75) is 19.8 Å². The first kappa shape index (κ1) is 12.0. The van der Waals surface area contributed by atoms with Gasteiger partial charge in [-0.2, -0.15) is 0 Å². The summed E-state index contributed by atoms with van der Waals surface area (Å²) in [6.07, 6.45) is 0.630. The van der Waals surface area contributed by atoms with Gasteiger partial charge in [-0.3, -0.25) is 4.79 Å². The molecule has 1 rings (SSSR count). The second-order valence-corrected chi connectivity index (χ2v) is 4.06. The van der Waals surface area contributed by atoms with E-state index in [2.05, 4.69) is 0 Å². The van der Waals surface area contributed by atoms with Gasteiger partial charge >= 0.3 is 5.97 Å². The molecule has 1 atom stereocenters. The van der Waals surface area contributed by atoms with Crippen LogP contribution in [0.5, 0.6) is 0 Å². The van der Waals surface area contributed by atoms with Crippen LogP contribution in [-0.2, 0) is 11.2 Å². The normalized spacial score (nSPS) is 12.5. The lowest BCUT2D eigenvalue weighted by molar-refractivity contribution is -0.137. The summed E-state index contributed by atoms with van der Waals surface area (Å²) in [5, 5.41) is 8.65. The number of halogens is 2. The summed E-state index contributed by atoms with van der Waals surface area (Å²) in [6, 6.07) is 4.55. The molecule has 1 aromatic rings. The van der Waals surface area contributed by atoms with E-state index in [-0.39, 0.29) is 17.4 Å². The predicted octanol–water partition coefficient (Wildman–Crippen LogP) is 3.13. The van der Waals surface area contributed by atoms with Gasteiger partial charge in [0.25, 0.3) is 0 Å². The average Bonchev–Trinajstić information content (AvgIpc) is 2.10. The molecule has 0 fully saturated rings. The third-order valence-electron chi connectivity index (χ3n) is 2.09. The van der Waals surface area contributed by atoms with Crippen LogP contribution >= 0.6 is 11.6 Å². The number of carbonyl (C=O) groups is 1. The Balaban J connectivity index is 2.64. The van der Waals surface area contributed by atoms with Crippen molar-refractivity contribution in [3.05, 3.63) is 34.6 Å². The SMILES string of the molecule is CC(CC(=O)O)Cc1ccc(Cl)c(F)c1. The Morgan fingerprint density at radius 3 is 2.80 bits per heavy atom. The fraction of sp³-hybridized carbons (Fsp3) is 0.364. The van der Waals surface area contributed by atoms with Crippen molar-refractivity contribution in [3.63, 3.8) is 0 Å². The quantitative estimate of drug-likeness (QED) is 0.863. The van der Waals surface area contributed by atoms with E-state index in [0.717, 1.165) is 5.56 Å². The van der Waals surface area contributed by atoms with Crippen LogP contribution in [0.1, 0.15) is 18.9 Å². The van der Waals surface area contributed by atoms with Crippen LogP contribution in [-0.4, -0.2) is 11.1 Å². The zero-order chi connectivity index (χ0) is 11.4. The molecule has 0 amide bonds. The second-order valence-electron chi connectivity index (χ2n) is 3.66. The Morgan fingerprint density at radius 2 is 2.27 bits per heavy atom. The third kappa shape index (κ3) is 3.88. The van der Waals surface area contributed by atoms with Crippen LogP contribution in [0.25, 0.3) is 0 Å². The first-order valence-electron chi connectivity index (χ1n) is 4.64. The first-order valence-corrected chi connectivity index (χ1v) is 5.02. The van der Waals surface area contributed by atoms with Crippen molar-refractivity contribution in [2.75, 3.05) is 0 Å². The van der Waals surface area contributed by atoms with Gasteiger partial charge in [0.05, 0.1) is 5.02 Å².